The summed E-state index contributed by atoms with van der Waals surface area (Å²) in [5, 5.41) is 13.1. The first-order chi connectivity index (χ1) is 13.4. The predicted octanol–water partition coefficient (Wildman–Crippen LogP) is 5.05. The number of aryl methyl sites for hydroxylation is 1. The number of aliphatic carboxylic acids is 1. The van der Waals surface area contributed by atoms with Gasteiger partial charge in [0.2, 0.25) is 0 Å². The Balaban J connectivity index is 2.34. The number of carbonyl (C=O) groups excluding carboxylic acids is 1. The van der Waals surface area contributed by atoms with Gasteiger partial charge in [-0.2, -0.15) is 0 Å². The number of ether oxygens (including phenoxy) is 1. The van der Waals surface area contributed by atoms with Gasteiger partial charge in [0.25, 0.3) is 0 Å². The summed E-state index contributed by atoms with van der Waals surface area (Å²) in [7, 11) is 0. The Bertz CT molecular complexity index is 788. The maximum atomic E-state index is 12.9. The van der Waals surface area contributed by atoms with Gasteiger partial charge in [-0.15, -0.1) is 11.3 Å². The topological polar surface area (TPSA) is 88.5 Å². The molecule has 0 aliphatic heterocycles. The molecular formula is C21H28N2O4S. The third-order valence-electron chi connectivity index (χ3n) is 4.67. The molecule has 0 aliphatic carbocycles. The van der Waals surface area contributed by atoms with Crippen molar-refractivity contribution in [1.29, 1.82) is 0 Å². The number of carboxylic acids is 1. The lowest BCUT2D eigenvalue weighted by Gasteiger charge is -2.29. The van der Waals surface area contributed by atoms with Crippen molar-refractivity contribution in [1.82, 2.24) is 4.98 Å². The van der Waals surface area contributed by atoms with E-state index in [1.54, 1.807) is 13.1 Å². The highest BCUT2D eigenvalue weighted by molar-refractivity contribution is 7.15. The molecule has 6 nitrogen and oxygen atoms in total. The maximum Gasteiger partial charge on any atom is 0.317 e. The Morgan fingerprint density at radius 2 is 1.93 bits per heavy atom. The number of esters is 1. The van der Waals surface area contributed by atoms with Crippen LogP contribution in [0.4, 0.5) is 10.8 Å². The van der Waals surface area contributed by atoms with E-state index in [9.17, 15) is 14.7 Å². The fraction of sp³-hybridized carbons (Fsp3) is 0.476. The Morgan fingerprint density at radius 1 is 1.21 bits per heavy atom. The molecular weight excluding hydrogens is 376 g/mol. The molecule has 0 amide bonds. The van der Waals surface area contributed by atoms with Crippen molar-refractivity contribution in [3.63, 3.8) is 0 Å². The van der Waals surface area contributed by atoms with Crippen molar-refractivity contribution in [2.75, 3.05) is 11.9 Å². The summed E-state index contributed by atoms with van der Waals surface area (Å²) >= 11 is 1.38. The molecule has 0 bridgehead atoms. The van der Waals surface area contributed by atoms with Crippen LogP contribution in [0, 0.1) is 6.92 Å². The molecule has 0 radical (unpaired) electrons. The summed E-state index contributed by atoms with van der Waals surface area (Å²) in [6.07, 6.45) is 4.03. The van der Waals surface area contributed by atoms with Gasteiger partial charge >= 0.3 is 11.9 Å². The van der Waals surface area contributed by atoms with Crippen molar-refractivity contribution in [3.05, 3.63) is 40.9 Å². The Labute approximate surface area is 170 Å². The number of carbonyl (C=O) groups is 2. The monoisotopic (exact) mass is 404 g/mol. The minimum atomic E-state index is -0.977. The number of thiazole rings is 1. The van der Waals surface area contributed by atoms with Crippen LogP contribution in [0.1, 0.15) is 56.4 Å². The van der Waals surface area contributed by atoms with Crippen molar-refractivity contribution in [2.24, 2.45) is 0 Å². The molecule has 1 aromatic heterocycles. The Morgan fingerprint density at radius 3 is 2.54 bits per heavy atom. The van der Waals surface area contributed by atoms with Crippen molar-refractivity contribution in [2.45, 2.75) is 58.3 Å². The number of unbranched alkanes of at least 4 members (excludes halogenated alkanes) is 1. The Hall–Kier alpha value is -2.41. The fourth-order valence-corrected chi connectivity index (χ4v) is 4.13. The molecule has 2 aromatic rings. The van der Waals surface area contributed by atoms with Crippen molar-refractivity contribution < 1.29 is 19.4 Å². The lowest BCUT2D eigenvalue weighted by atomic mass is 9.77. The molecule has 0 aliphatic rings. The van der Waals surface area contributed by atoms with E-state index in [1.165, 1.54) is 16.9 Å². The summed E-state index contributed by atoms with van der Waals surface area (Å²) < 4.78 is 5.36. The number of anilines is 2. The summed E-state index contributed by atoms with van der Waals surface area (Å²) in [5.74, 6) is -1.29. The average Bonchev–Trinajstić information content (AvgIpc) is 3.13. The molecule has 152 valence electrons. The number of nitrogens with zero attached hydrogens (tertiary/aromatic N) is 1. The quantitative estimate of drug-likeness (QED) is 0.510. The van der Waals surface area contributed by atoms with E-state index in [0.717, 1.165) is 23.4 Å². The van der Waals surface area contributed by atoms with Crippen molar-refractivity contribution >= 4 is 34.1 Å². The number of hydrogen-bond donors (Lipinski definition) is 2. The van der Waals surface area contributed by atoms with Crippen LogP contribution >= 0.6 is 11.3 Å². The highest BCUT2D eigenvalue weighted by Crippen LogP contribution is 2.41. The number of hydrogen-bond acceptors (Lipinski definition) is 6. The Kier molecular flexibility index (Phi) is 7.99. The van der Waals surface area contributed by atoms with Gasteiger partial charge in [-0.1, -0.05) is 37.5 Å². The van der Waals surface area contributed by atoms with Gasteiger partial charge in [-0.25, -0.2) is 4.98 Å². The lowest BCUT2D eigenvalue weighted by Crippen LogP contribution is -2.37. The van der Waals surface area contributed by atoms with Crippen LogP contribution in [-0.4, -0.2) is 28.6 Å². The fourth-order valence-electron chi connectivity index (χ4n) is 3.06. The van der Waals surface area contributed by atoms with E-state index < -0.39 is 11.4 Å². The minimum absolute atomic E-state index is 0.0961. The highest BCUT2D eigenvalue weighted by Gasteiger charge is 2.43. The van der Waals surface area contributed by atoms with E-state index in [2.05, 4.69) is 10.3 Å². The number of benzene rings is 1. The van der Waals surface area contributed by atoms with E-state index >= 15 is 0 Å². The summed E-state index contributed by atoms with van der Waals surface area (Å²) in [5.41, 5.74) is 1.10. The van der Waals surface area contributed by atoms with Gasteiger partial charge in [-0.3, -0.25) is 9.59 Å². The number of nitrogens with one attached hydrogen (secondary N) is 1. The van der Waals surface area contributed by atoms with Crippen LogP contribution in [0.25, 0.3) is 0 Å². The van der Waals surface area contributed by atoms with Crippen molar-refractivity contribution in [3.8, 4) is 0 Å². The molecule has 2 N–H and O–H groups in total. The van der Waals surface area contributed by atoms with Gasteiger partial charge < -0.3 is 15.2 Å². The zero-order valence-electron chi connectivity index (χ0n) is 16.7. The SMILES string of the molecule is CCCC[C@](CCC(=O)O)(C(=O)OCC)c1cnc(Nc2ccc(C)cc2)s1. The standard InChI is InChI=1S/C21H28N2O4S/c1-4-6-12-21(13-11-18(24)25,19(26)27-5-2)17-14-22-20(28-17)23-16-9-7-15(3)8-10-16/h7-10,14H,4-6,11-13H2,1-3H3,(H,22,23)(H,24,25)/t21-/m1/s1. The smallest absolute Gasteiger partial charge is 0.317 e. The summed E-state index contributed by atoms with van der Waals surface area (Å²) in [6.45, 7) is 6.09. The number of rotatable bonds is 11. The van der Waals surface area contributed by atoms with E-state index in [0.29, 0.717) is 11.6 Å². The summed E-state index contributed by atoms with van der Waals surface area (Å²) in [6, 6.07) is 7.95. The number of aromatic nitrogens is 1. The van der Waals surface area contributed by atoms with Crippen LogP contribution < -0.4 is 5.32 Å². The molecule has 0 fully saturated rings. The molecule has 7 heteroatoms. The molecule has 1 heterocycles. The minimum Gasteiger partial charge on any atom is -0.481 e. The molecule has 0 saturated heterocycles. The summed E-state index contributed by atoms with van der Waals surface area (Å²) in [4.78, 5) is 29.3. The molecule has 0 unspecified atom stereocenters. The molecule has 1 aromatic carbocycles. The van der Waals surface area contributed by atoms with Crippen LogP contribution in [0.15, 0.2) is 30.5 Å². The largest absolute Gasteiger partial charge is 0.481 e. The molecule has 1 atom stereocenters. The van der Waals surface area contributed by atoms with Gasteiger partial charge in [0.05, 0.1) is 6.61 Å². The lowest BCUT2D eigenvalue weighted by molar-refractivity contribution is -0.151. The third kappa shape index (κ3) is 5.55. The maximum absolute atomic E-state index is 12.9. The second kappa shape index (κ2) is 10.2. The van der Waals surface area contributed by atoms with E-state index in [-0.39, 0.29) is 25.4 Å². The highest BCUT2D eigenvalue weighted by atomic mass is 32.1. The average molecular weight is 405 g/mol. The van der Waals surface area contributed by atoms with Gasteiger partial charge in [0.15, 0.2) is 5.13 Å². The second-order valence-electron chi connectivity index (χ2n) is 6.82. The zero-order valence-corrected chi connectivity index (χ0v) is 17.5. The first-order valence-corrected chi connectivity index (χ1v) is 10.4. The van der Waals surface area contributed by atoms with E-state index in [4.69, 9.17) is 4.74 Å². The van der Waals surface area contributed by atoms with Crippen LogP contribution in [0.2, 0.25) is 0 Å². The van der Waals surface area contributed by atoms with Crippen LogP contribution in [-0.2, 0) is 19.7 Å². The molecule has 2 rings (SSSR count). The predicted molar refractivity (Wildman–Crippen MR) is 111 cm³/mol. The van der Waals surface area contributed by atoms with Crippen LogP contribution in [0.3, 0.4) is 0 Å². The van der Waals surface area contributed by atoms with Gasteiger partial charge in [0, 0.05) is 23.2 Å². The van der Waals surface area contributed by atoms with Gasteiger partial charge in [-0.05, 0) is 38.8 Å². The molecule has 28 heavy (non-hydrogen) atoms. The molecule has 0 spiro atoms. The molecule has 0 saturated carbocycles. The first kappa shape index (κ1) is 21.9. The zero-order chi connectivity index (χ0) is 20.6. The van der Waals surface area contributed by atoms with Crippen LogP contribution in [0.5, 0.6) is 0 Å². The third-order valence-corrected chi connectivity index (χ3v) is 5.79. The second-order valence-corrected chi connectivity index (χ2v) is 7.85. The van der Waals surface area contributed by atoms with Gasteiger partial charge in [0.1, 0.15) is 5.41 Å². The first-order valence-electron chi connectivity index (χ1n) is 9.60. The normalized spacial score (nSPS) is 13.0. The van der Waals surface area contributed by atoms with E-state index in [1.807, 2.05) is 38.1 Å². The number of carboxylic acid groups (broad SMARTS) is 1.